The van der Waals surface area contributed by atoms with Crippen LogP contribution in [0.15, 0.2) is 46.9 Å². The molecule has 4 rings (SSSR count). The van der Waals surface area contributed by atoms with Crippen LogP contribution in [0.3, 0.4) is 0 Å². The monoisotopic (exact) mass is 571 g/mol. The van der Waals surface area contributed by atoms with Crippen molar-refractivity contribution in [1.29, 1.82) is 0 Å². The van der Waals surface area contributed by atoms with Crippen molar-refractivity contribution in [2.45, 2.75) is 27.0 Å². The Morgan fingerprint density at radius 1 is 1.00 bits per heavy atom. The summed E-state index contributed by atoms with van der Waals surface area (Å²) in [5.74, 6) is 0.366. The SMILES string of the molecule is Cc1nn(Cc2c(Cl)cccc2Cl)c(C)c1NC(=O)c1ccc(COc2c(Cl)cc(Cl)cc2Cl)o1. The van der Waals surface area contributed by atoms with Crippen molar-refractivity contribution < 1.29 is 13.9 Å². The van der Waals surface area contributed by atoms with E-state index in [0.717, 1.165) is 11.3 Å². The van der Waals surface area contributed by atoms with Crippen molar-refractivity contribution in [3.8, 4) is 5.75 Å². The molecule has 0 unspecified atom stereocenters. The Morgan fingerprint density at radius 2 is 1.66 bits per heavy atom. The molecule has 2 aromatic heterocycles. The van der Waals surface area contributed by atoms with E-state index >= 15 is 0 Å². The highest BCUT2D eigenvalue weighted by Crippen LogP contribution is 2.36. The summed E-state index contributed by atoms with van der Waals surface area (Å²) >= 11 is 30.8. The van der Waals surface area contributed by atoms with E-state index in [2.05, 4.69) is 10.4 Å². The zero-order chi connectivity index (χ0) is 25.3. The Kier molecular flexibility index (Phi) is 7.89. The molecule has 1 N–H and O–H groups in total. The summed E-state index contributed by atoms with van der Waals surface area (Å²) in [6, 6.07) is 11.6. The van der Waals surface area contributed by atoms with Gasteiger partial charge in [0.2, 0.25) is 0 Å². The molecule has 0 radical (unpaired) electrons. The fraction of sp³-hybridized carbons (Fsp3) is 0.167. The van der Waals surface area contributed by atoms with E-state index < -0.39 is 5.91 Å². The van der Waals surface area contributed by atoms with Crippen molar-refractivity contribution in [2.24, 2.45) is 0 Å². The Bertz CT molecular complexity index is 1370. The first-order valence-corrected chi connectivity index (χ1v) is 12.2. The van der Waals surface area contributed by atoms with Crippen LogP contribution in [0.5, 0.6) is 5.75 Å². The van der Waals surface area contributed by atoms with Crippen LogP contribution in [-0.2, 0) is 13.2 Å². The fourth-order valence-corrected chi connectivity index (χ4v) is 4.87. The smallest absolute Gasteiger partial charge is 0.291 e. The van der Waals surface area contributed by atoms with Crippen molar-refractivity contribution in [2.75, 3.05) is 5.32 Å². The highest BCUT2D eigenvalue weighted by Gasteiger charge is 2.19. The Balaban J connectivity index is 1.45. The number of amides is 1. The van der Waals surface area contributed by atoms with Gasteiger partial charge in [-0.05, 0) is 50.2 Å². The maximum Gasteiger partial charge on any atom is 0.291 e. The molecular formula is C24H18Cl5N3O3. The zero-order valence-electron chi connectivity index (χ0n) is 18.5. The highest BCUT2D eigenvalue weighted by molar-refractivity contribution is 6.40. The van der Waals surface area contributed by atoms with Gasteiger partial charge in [0.1, 0.15) is 12.4 Å². The molecule has 0 aliphatic heterocycles. The van der Waals surface area contributed by atoms with Crippen molar-refractivity contribution in [3.63, 3.8) is 0 Å². The second-order valence-corrected chi connectivity index (χ2v) is 9.68. The number of nitrogens with zero attached hydrogens (tertiary/aromatic N) is 2. The molecule has 0 saturated heterocycles. The van der Waals surface area contributed by atoms with Gasteiger partial charge >= 0.3 is 0 Å². The molecule has 4 aromatic rings. The minimum Gasteiger partial charge on any atom is -0.483 e. The number of furan rings is 1. The number of benzene rings is 2. The van der Waals surface area contributed by atoms with Crippen molar-refractivity contribution in [3.05, 3.63) is 96.0 Å². The molecule has 0 aliphatic rings. The van der Waals surface area contributed by atoms with E-state index in [9.17, 15) is 4.79 Å². The Labute approximate surface area is 226 Å². The molecule has 11 heteroatoms. The van der Waals surface area contributed by atoms with Crippen LogP contribution in [-0.4, -0.2) is 15.7 Å². The molecule has 1 amide bonds. The van der Waals surface area contributed by atoms with E-state index in [1.54, 1.807) is 41.9 Å². The van der Waals surface area contributed by atoms with Gasteiger partial charge in [0.25, 0.3) is 5.91 Å². The van der Waals surface area contributed by atoms with E-state index in [1.807, 2.05) is 6.92 Å². The summed E-state index contributed by atoms with van der Waals surface area (Å²) in [6.45, 7) is 4.03. The average Bonchev–Trinajstić information content (AvgIpc) is 3.36. The van der Waals surface area contributed by atoms with Gasteiger partial charge in [-0.1, -0.05) is 64.1 Å². The first-order chi connectivity index (χ1) is 16.6. The van der Waals surface area contributed by atoms with Gasteiger partial charge in [-0.25, -0.2) is 0 Å². The van der Waals surface area contributed by atoms with Gasteiger partial charge in [0, 0.05) is 20.6 Å². The molecule has 2 aromatic carbocycles. The predicted molar refractivity (Wildman–Crippen MR) is 140 cm³/mol. The van der Waals surface area contributed by atoms with Crippen LogP contribution in [0, 0.1) is 13.8 Å². The summed E-state index contributed by atoms with van der Waals surface area (Å²) in [5, 5.41) is 9.41. The van der Waals surface area contributed by atoms with E-state index in [0.29, 0.717) is 38.8 Å². The lowest BCUT2D eigenvalue weighted by Gasteiger charge is -2.10. The number of aryl methyl sites for hydroxylation is 1. The number of hydrogen-bond donors (Lipinski definition) is 1. The lowest BCUT2D eigenvalue weighted by Crippen LogP contribution is -2.12. The number of hydrogen-bond acceptors (Lipinski definition) is 4. The van der Waals surface area contributed by atoms with Gasteiger partial charge in [-0.3, -0.25) is 9.48 Å². The molecule has 0 aliphatic carbocycles. The molecule has 0 saturated carbocycles. The van der Waals surface area contributed by atoms with Crippen LogP contribution >= 0.6 is 58.0 Å². The van der Waals surface area contributed by atoms with Gasteiger partial charge in [-0.15, -0.1) is 0 Å². The van der Waals surface area contributed by atoms with Crippen LogP contribution in [0.2, 0.25) is 25.1 Å². The van der Waals surface area contributed by atoms with Crippen LogP contribution < -0.4 is 10.1 Å². The Hall–Kier alpha value is -2.35. The average molecular weight is 574 g/mol. The number of nitrogens with one attached hydrogen (secondary N) is 1. The maximum absolute atomic E-state index is 12.8. The summed E-state index contributed by atoms with van der Waals surface area (Å²) in [6.07, 6.45) is 0. The van der Waals surface area contributed by atoms with Crippen LogP contribution in [0.1, 0.15) is 33.3 Å². The van der Waals surface area contributed by atoms with E-state index in [1.165, 1.54) is 12.1 Å². The summed E-state index contributed by atoms with van der Waals surface area (Å²) < 4.78 is 13.0. The standard InChI is InChI=1S/C24H18Cl5N3O3/c1-12-22(13(2)32(31-12)10-16-17(26)4-3-5-18(16)27)30-24(33)21-7-6-15(35-21)11-34-23-19(28)8-14(25)9-20(23)29/h3-9H,10-11H2,1-2H3,(H,30,33). The van der Waals surface area contributed by atoms with E-state index in [4.69, 9.17) is 67.2 Å². The molecule has 182 valence electrons. The lowest BCUT2D eigenvalue weighted by molar-refractivity contribution is 0.0992. The van der Waals surface area contributed by atoms with Gasteiger partial charge in [0.15, 0.2) is 11.5 Å². The van der Waals surface area contributed by atoms with Crippen LogP contribution in [0.4, 0.5) is 5.69 Å². The topological polar surface area (TPSA) is 69.3 Å². The molecule has 2 heterocycles. The molecule has 6 nitrogen and oxygen atoms in total. The molecule has 0 atom stereocenters. The molecule has 0 fully saturated rings. The van der Waals surface area contributed by atoms with Crippen LogP contribution in [0.25, 0.3) is 0 Å². The number of ether oxygens (including phenoxy) is 1. The normalized spacial score (nSPS) is 11.1. The number of anilines is 1. The minimum atomic E-state index is -0.430. The third-order valence-electron chi connectivity index (χ3n) is 5.20. The van der Waals surface area contributed by atoms with Gasteiger partial charge in [-0.2, -0.15) is 5.10 Å². The second-order valence-electron chi connectivity index (χ2n) is 7.61. The fourth-order valence-electron chi connectivity index (χ4n) is 3.43. The number of carbonyl (C=O) groups excluding carboxylic acids is 1. The van der Waals surface area contributed by atoms with Gasteiger partial charge < -0.3 is 14.5 Å². The number of carbonyl (C=O) groups is 1. The highest BCUT2D eigenvalue weighted by atomic mass is 35.5. The van der Waals surface area contributed by atoms with E-state index in [-0.39, 0.29) is 28.2 Å². The molecule has 35 heavy (non-hydrogen) atoms. The third kappa shape index (κ3) is 5.74. The summed E-state index contributed by atoms with van der Waals surface area (Å²) in [4.78, 5) is 12.8. The summed E-state index contributed by atoms with van der Waals surface area (Å²) in [5.41, 5.74) is 2.71. The zero-order valence-corrected chi connectivity index (χ0v) is 22.2. The van der Waals surface area contributed by atoms with Crippen molar-refractivity contribution >= 4 is 69.6 Å². The molecular weight excluding hydrogens is 556 g/mol. The first-order valence-electron chi connectivity index (χ1n) is 10.3. The Morgan fingerprint density at radius 3 is 2.31 bits per heavy atom. The maximum atomic E-state index is 12.8. The summed E-state index contributed by atoms with van der Waals surface area (Å²) in [7, 11) is 0. The lowest BCUT2D eigenvalue weighted by atomic mass is 10.2. The van der Waals surface area contributed by atoms with Gasteiger partial charge in [0.05, 0.1) is 33.7 Å². The predicted octanol–water partition coefficient (Wildman–Crippen LogP) is 8.24. The quantitative estimate of drug-likeness (QED) is 0.242. The minimum absolute atomic E-state index is 0.0168. The second kappa shape index (κ2) is 10.7. The molecule has 0 bridgehead atoms. The van der Waals surface area contributed by atoms with Crippen molar-refractivity contribution in [1.82, 2.24) is 9.78 Å². The largest absolute Gasteiger partial charge is 0.483 e. The number of halogens is 5. The number of aromatic nitrogens is 2. The number of rotatable bonds is 7. The molecule has 0 spiro atoms. The first kappa shape index (κ1) is 25.7. The third-order valence-corrected chi connectivity index (χ3v) is 6.68.